The van der Waals surface area contributed by atoms with Gasteiger partial charge in [-0.05, 0) is 12.1 Å². The summed E-state index contributed by atoms with van der Waals surface area (Å²) < 4.78 is 13.8. The Kier molecular flexibility index (Phi) is 8.17. The van der Waals surface area contributed by atoms with Gasteiger partial charge in [0.2, 0.25) is 5.91 Å². The summed E-state index contributed by atoms with van der Waals surface area (Å²) in [5, 5.41) is 8.12. The molecule has 10 nitrogen and oxygen atoms in total. The predicted octanol–water partition coefficient (Wildman–Crippen LogP) is -0.894. The summed E-state index contributed by atoms with van der Waals surface area (Å²) in [5.41, 5.74) is 10.8. The molecule has 1 aromatic rings. The molecule has 0 aliphatic rings. The van der Waals surface area contributed by atoms with Crippen LogP contribution in [0, 0.1) is 0 Å². The number of carboxylic acid groups (broad SMARTS) is 1. The van der Waals surface area contributed by atoms with Crippen LogP contribution in [0.25, 0.3) is 0 Å². The van der Waals surface area contributed by atoms with E-state index in [2.05, 4.69) is 4.52 Å². The zero-order valence-corrected chi connectivity index (χ0v) is 12.1. The summed E-state index contributed by atoms with van der Waals surface area (Å²) in [4.78, 5) is 46.8. The number of phosphoric ester groups is 1. The zero-order valence-electron chi connectivity index (χ0n) is 11.2. The molecule has 0 aliphatic heterocycles. The predicted molar refractivity (Wildman–Crippen MR) is 74.0 cm³/mol. The Labute approximate surface area is 124 Å². The van der Waals surface area contributed by atoms with Gasteiger partial charge in [-0.15, -0.1) is 0 Å². The molecule has 11 heteroatoms. The van der Waals surface area contributed by atoms with E-state index < -0.39 is 32.3 Å². The van der Waals surface area contributed by atoms with Crippen LogP contribution in [0.2, 0.25) is 0 Å². The lowest BCUT2D eigenvalue weighted by atomic mass is 10.1. The SMILES string of the molecule is NC(=O)c1ccc(C=O)cc1.N[C@@H](COP(=O)(O)O)C(=O)O. The second-order valence-corrected chi connectivity index (χ2v) is 5.07. The first-order valence-corrected chi connectivity index (χ1v) is 7.13. The van der Waals surface area contributed by atoms with Gasteiger partial charge in [-0.25, -0.2) is 4.57 Å². The molecule has 1 aromatic carbocycles. The molecule has 0 aromatic heterocycles. The first kappa shape index (κ1) is 19.9. The minimum atomic E-state index is -4.60. The van der Waals surface area contributed by atoms with Crippen molar-refractivity contribution in [3.63, 3.8) is 0 Å². The molecule has 1 amide bonds. The standard InChI is InChI=1S/C8H7NO2.C3H8NO6P/c9-8(11)7-3-1-6(5-10)2-4-7;4-2(3(5)6)1-10-11(7,8)9/h1-5H,(H2,9,11);2H,1,4H2,(H,5,6)(H2,7,8,9)/t;2-/m.0/s1. The number of phosphoric acid groups is 1. The van der Waals surface area contributed by atoms with Crippen molar-refractivity contribution in [2.24, 2.45) is 11.5 Å². The van der Waals surface area contributed by atoms with Gasteiger partial charge >= 0.3 is 13.8 Å². The van der Waals surface area contributed by atoms with Crippen molar-refractivity contribution in [3.05, 3.63) is 35.4 Å². The Hall–Kier alpha value is -2.10. The fourth-order valence-corrected chi connectivity index (χ4v) is 1.33. The van der Waals surface area contributed by atoms with Crippen LogP contribution in [0.4, 0.5) is 0 Å². The number of hydrogen-bond donors (Lipinski definition) is 5. The van der Waals surface area contributed by atoms with Crippen molar-refractivity contribution in [3.8, 4) is 0 Å². The lowest BCUT2D eigenvalue weighted by Crippen LogP contribution is -2.34. The van der Waals surface area contributed by atoms with Gasteiger partial charge in [-0.3, -0.25) is 18.9 Å². The highest BCUT2D eigenvalue weighted by Crippen LogP contribution is 2.35. The number of aliphatic carboxylic acids is 1. The normalized spacial score (nSPS) is 11.8. The quantitative estimate of drug-likeness (QED) is 0.324. The number of hydrogen-bond acceptors (Lipinski definition) is 6. The molecule has 1 rings (SSSR count). The van der Waals surface area contributed by atoms with Crippen LogP contribution in [-0.4, -0.2) is 45.7 Å². The summed E-state index contributed by atoms with van der Waals surface area (Å²) in [6, 6.07) is 4.72. The summed E-state index contributed by atoms with van der Waals surface area (Å²) in [6.45, 7) is -0.709. The summed E-state index contributed by atoms with van der Waals surface area (Å²) in [7, 11) is -4.60. The van der Waals surface area contributed by atoms with E-state index in [4.69, 9.17) is 26.4 Å². The number of aldehydes is 1. The second kappa shape index (κ2) is 9.03. The summed E-state index contributed by atoms with van der Waals surface area (Å²) in [6.07, 6.45) is 0.713. The maximum absolute atomic E-state index is 10.5. The van der Waals surface area contributed by atoms with Crippen molar-refractivity contribution in [2.75, 3.05) is 6.61 Å². The van der Waals surface area contributed by atoms with Gasteiger partial charge < -0.3 is 26.4 Å². The number of benzene rings is 1. The van der Waals surface area contributed by atoms with Gasteiger partial charge in [-0.2, -0.15) is 0 Å². The van der Waals surface area contributed by atoms with E-state index in [1.54, 1.807) is 12.1 Å². The van der Waals surface area contributed by atoms with Crippen molar-refractivity contribution in [1.29, 1.82) is 0 Å². The molecule has 0 saturated heterocycles. The molecule has 0 bridgehead atoms. The number of carbonyl (C=O) groups is 3. The molecule has 122 valence electrons. The van der Waals surface area contributed by atoms with E-state index in [-0.39, 0.29) is 0 Å². The van der Waals surface area contributed by atoms with Gasteiger partial charge in [0.1, 0.15) is 12.3 Å². The van der Waals surface area contributed by atoms with Crippen LogP contribution >= 0.6 is 7.82 Å². The molecule has 1 atom stereocenters. The minimum Gasteiger partial charge on any atom is -0.480 e. The highest BCUT2D eigenvalue weighted by atomic mass is 31.2. The zero-order chi connectivity index (χ0) is 17.3. The topological polar surface area (TPSA) is 190 Å². The van der Waals surface area contributed by atoms with Gasteiger partial charge in [0.25, 0.3) is 0 Å². The smallest absolute Gasteiger partial charge is 0.469 e. The first-order valence-electron chi connectivity index (χ1n) is 5.60. The van der Waals surface area contributed by atoms with Crippen LogP contribution in [0.15, 0.2) is 24.3 Å². The molecule has 0 radical (unpaired) electrons. The van der Waals surface area contributed by atoms with Gasteiger partial charge in [-0.1, -0.05) is 12.1 Å². The minimum absolute atomic E-state index is 0.413. The van der Waals surface area contributed by atoms with E-state index in [0.29, 0.717) is 17.4 Å². The highest BCUT2D eigenvalue weighted by molar-refractivity contribution is 7.46. The van der Waals surface area contributed by atoms with Crippen LogP contribution in [0.3, 0.4) is 0 Å². The van der Waals surface area contributed by atoms with E-state index in [0.717, 1.165) is 0 Å². The van der Waals surface area contributed by atoms with Crippen molar-refractivity contribution >= 4 is 26.0 Å². The number of primary amides is 1. The van der Waals surface area contributed by atoms with Crippen LogP contribution in [-0.2, 0) is 13.9 Å². The van der Waals surface area contributed by atoms with Gasteiger partial charge in [0.05, 0.1) is 6.61 Å². The van der Waals surface area contributed by atoms with Crippen LogP contribution < -0.4 is 11.5 Å². The molecule has 7 N–H and O–H groups in total. The number of carboxylic acids is 1. The van der Waals surface area contributed by atoms with E-state index in [1.165, 1.54) is 12.1 Å². The Morgan fingerprint density at radius 3 is 2.09 bits per heavy atom. The summed E-state index contributed by atoms with van der Waals surface area (Å²) >= 11 is 0. The average molecular weight is 334 g/mol. The molecule has 0 unspecified atom stereocenters. The van der Waals surface area contributed by atoms with Crippen molar-refractivity contribution in [1.82, 2.24) is 0 Å². The van der Waals surface area contributed by atoms with Gasteiger partial charge in [0, 0.05) is 11.1 Å². The average Bonchev–Trinajstić information content (AvgIpc) is 2.44. The van der Waals surface area contributed by atoms with E-state index in [9.17, 15) is 18.9 Å². The third-order valence-electron chi connectivity index (χ3n) is 2.07. The monoisotopic (exact) mass is 334 g/mol. The molecular weight excluding hydrogens is 319 g/mol. The van der Waals surface area contributed by atoms with Crippen molar-refractivity contribution < 1.29 is 38.4 Å². The van der Waals surface area contributed by atoms with E-state index >= 15 is 0 Å². The Morgan fingerprint density at radius 2 is 1.77 bits per heavy atom. The van der Waals surface area contributed by atoms with Crippen molar-refractivity contribution in [2.45, 2.75) is 6.04 Å². The molecular formula is C11H15N2O8P. The number of rotatable bonds is 6. The third kappa shape index (κ3) is 8.95. The molecule has 22 heavy (non-hydrogen) atoms. The maximum atomic E-state index is 10.5. The second-order valence-electron chi connectivity index (χ2n) is 3.84. The molecule has 0 heterocycles. The van der Waals surface area contributed by atoms with Crippen LogP contribution in [0.5, 0.6) is 0 Å². The fourth-order valence-electron chi connectivity index (χ4n) is 0.975. The Bertz CT molecular complexity index is 568. The highest BCUT2D eigenvalue weighted by Gasteiger charge is 2.19. The number of carbonyl (C=O) groups excluding carboxylic acids is 2. The number of amides is 1. The fraction of sp³-hybridized carbons (Fsp3) is 0.182. The van der Waals surface area contributed by atoms with E-state index in [1.807, 2.05) is 0 Å². The molecule has 0 aliphatic carbocycles. The lowest BCUT2D eigenvalue weighted by Gasteiger charge is -2.07. The first-order chi connectivity index (χ1) is 10.1. The molecule has 0 spiro atoms. The Balaban J connectivity index is 0.000000401. The third-order valence-corrected chi connectivity index (χ3v) is 2.56. The maximum Gasteiger partial charge on any atom is 0.469 e. The summed E-state index contributed by atoms with van der Waals surface area (Å²) in [5.74, 6) is -1.86. The Morgan fingerprint density at radius 1 is 1.27 bits per heavy atom. The van der Waals surface area contributed by atoms with Gasteiger partial charge in [0.15, 0.2) is 0 Å². The molecule has 0 saturated carbocycles. The molecule has 0 fully saturated rings. The van der Waals surface area contributed by atoms with Crippen LogP contribution in [0.1, 0.15) is 20.7 Å². The largest absolute Gasteiger partial charge is 0.480 e. The lowest BCUT2D eigenvalue weighted by molar-refractivity contribution is -0.139. The number of nitrogens with two attached hydrogens (primary N) is 2.